The van der Waals surface area contributed by atoms with Gasteiger partial charge in [0.05, 0.1) is 18.6 Å². The van der Waals surface area contributed by atoms with Crippen molar-refractivity contribution in [1.29, 1.82) is 0 Å². The van der Waals surface area contributed by atoms with E-state index >= 15 is 0 Å². The average molecular weight is 175 g/mol. The number of carbonyl (C=O) groups is 1. The van der Waals surface area contributed by atoms with Gasteiger partial charge in [0.25, 0.3) is 0 Å². The fraction of sp³-hybridized carbons (Fsp3) is 0.875. The highest BCUT2D eigenvalue weighted by atomic mass is 16.5. The average Bonchev–Trinajstić information content (AvgIpc) is 2.03. The summed E-state index contributed by atoms with van der Waals surface area (Å²) < 4.78 is 4.96. The molecule has 0 aromatic carbocycles. The summed E-state index contributed by atoms with van der Waals surface area (Å²) in [6.45, 7) is 2.37. The molecule has 0 saturated carbocycles. The SMILES string of the molecule is CCC(COC)(CC(=O)O)NC. The Kier molecular flexibility index (Phi) is 4.85. The van der Waals surface area contributed by atoms with Crippen molar-refractivity contribution in [2.75, 3.05) is 20.8 Å². The van der Waals surface area contributed by atoms with Crippen LogP contribution in [-0.2, 0) is 9.53 Å². The highest BCUT2D eigenvalue weighted by Crippen LogP contribution is 2.14. The molecule has 0 spiro atoms. The van der Waals surface area contributed by atoms with Crippen LogP contribution in [0, 0.1) is 0 Å². The Balaban J connectivity index is 4.23. The van der Waals surface area contributed by atoms with Gasteiger partial charge in [-0.15, -0.1) is 0 Å². The summed E-state index contributed by atoms with van der Waals surface area (Å²) >= 11 is 0. The van der Waals surface area contributed by atoms with Gasteiger partial charge < -0.3 is 15.2 Å². The Labute approximate surface area is 72.9 Å². The molecular weight excluding hydrogens is 158 g/mol. The molecule has 72 valence electrons. The number of nitrogens with one attached hydrogen (secondary N) is 1. The predicted molar refractivity (Wildman–Crippen MR) is 46.2 cm³/mol. The van der Waals surface area contributed by atoms with E-state index in [9.17, 15) is 4.79 Å². The molecule has 0 heterocycles. The van der Waals surface area contributed by atoms with Gasteiger partial charge in [-0.2, -0.15) is 0 Å². The van der Waals surface area contributed by atoms with Gasteiger partial charge in [0.15, 0.2) is 0 Å². The number of methoxy groups -OCH3 is 1. The lowest BCUT2D eigenvalue weighted by Gasteiger charge is -2.29. The molecule has 0 amide bonds. The largest absolute Gasteiger partial charge is 0.481 e. The molecule has 1 unspecified atom stereocenters. The van der Waals surface area contributed by atoms with Crippen molar-refractivity contribution in [3.63, 3.8) is 0 Å². The number of likely N-dealkylation sites (N-methyl/N-ethyl adjacent to an activating group) is 1. The zero-order chi connectivity index (χ0) is 9.61. The maximum Gasteiger partial charge on any atom is 0.305 e. The maximum atomic E-state index is 10.5. The van der Waals surface area contributed by atoms with E-state index in [2.05, 4.69) is 5.32 Å². The van der Waals surface area contributed by atoms with Gasteiger partial charge in [-0.1, -0.05) is 6.92 Å². The van der Waals surface area contributed by atoms with Gasteiger partial charge in [0.1, 0.15) is 0 Å². The van der Waals surface area contributed by atoms with Gasteiger partial charge in [-0.25, -0.2) is 0 Å². The third-order valence-electron chi connectivity index (χ3n) is 2.12. The molecule has 4 heteroatoms. The van der Waals surface area contributed by atoms with Crippen molar-refractivity contribution in [3.05, 3.63) is 0 Å². The number of hydrogen-bond acceptors (Lipinski definition) is 3. The van der Waals surface area contributed by atoms with Crippen LogP contribution in [0.15, 0.2) is 0 Å². The van der Waals surface area contributed by atoms with Gasteiger partial charge in [-0.3, -0.25) is 4.79 Å². The van der Waals surface area contributed by atoms with E-state index in [0.717, 1.165) is 6.42 Å². The minimum atomic E-state index is -0.803. The first-order valence-corrected chi connectivity index (χ1v) is 4.00. The van der Waals surface area contributed by atoms with E-state index in [1.54, 1.807) is 14.2 Å². The number of hydrogen-bond donors (Lipinski definition) is 2. The van der Waals surface area contributed by atoms with E-state index in [1.807, 2.05) is 6.92 Å². The molecule has 0 aliphatic heterocycles. The Morgan fingerprint density at radius 3 is 2.50 bits per heavy atom. The number of rotatable bonds is 6. The Morgan fingerprint density at radius 2 is 2.25 bits per heavy atom. The summed E-state index contributed by atoms with van der Waals surface area (Å²) in [4.78, 5) is 10.5. The molecule has 1 atom stereocenters. The Bertz CT molecular complexity index is 143. The van der Waals surface area contributed by atoms with Gasteiger partial charge in [-0.05, 0) is 13.5 Å². The number of carboxylic acid groups (broad SMARTS) is 1. The molecule has 0 aliphatic carbocycles. The fourth-order valence-corrected chi connectivity index (χ4v) is 1.18. The molecular formula is C8H17NO3. The second-order valence-electron chi connectivity index (χ2n) is 2.89. The molecule has 0 rings (SSSR count). The monoisotopic (exact) mass is 175 g/mol. The van der Waals surface area contributed by atoms with Crippen LogP contribution in [0.5, 0.6) is 0 Å². The van der Waals surface area contributed by atoms with Crippen LogP contribution in [0.4, 0.5) is 0 Å². The van der Waals surface area contributed by atoms with Crippen molar-refractivity contribution in [3.8, 4) is 0 Å². The second-order valence-corrected chi connectivity index (χ2v) is 2.89. The molecule has 12 heavy (non-hydrogen) atoms. The minimum absolute atomic E-state index is 0.0911. The lowest BCUT2D eigenvalue weighted by molar-refractivity contribution is -0.139. The molecule has 4 nitrogen and oxygen atoms in total. The summed E-state index contributed by atoms with van der Waals surface area (Å²) in [7, 11) is 3.33. The minimum Gasteiger partial charge on any atom is -0.481 e. The van der Waals surface area contributed by atoms with Crippen LogP contribution < -0.4 is 5.32 Å². The van der Waals surface area contributed by atoms with Gasteiger partial charge >= 0.3 is 5.97 Å². The normalized spacial score (nSPS) is 15.6. The van der Waals surface area contributed by atoms with E-state index < -0.39 is 11.5 Å². The molecule has 0 aliphatic rings. The smallest absolute Gasteiger partial charge is 0.305 e. The van der Waals surface area contributed by atoms with Crippen LogP contribution in [0.2, 0.25) is 0 Å². The number of ether oxygens (including phenoxy) is 1. The fourth-order valence-electron chi connectivity index (χ4n) is 1.18. The lowest BCUT2D eigenvalue weighted by atomic mass is 9.93. The number of carboxylic acids is 1. The summed E-state index contributed by atoms with van der Waals surface area (Å²) in [6.07, 6.45) is 0.831. The first-order valence-electron chi connectivity index (χ1n) is 4.00. The zero-order valence-corrected chi connectivity index (χ0v) is 7.89. The zero-order valence-electron chi connectivity index (χ0n) is 7.89. The number of aliphatic carboxylic acids is 1. The maximum absolute atomic E-state index is 10.5. The Morgan fingerprint density at radius 1 is 1.67 bits per heavy atom. The van der Waals surface area contributed by atoms with Gasteiger partial charge in [0, 0.05) is 7.11 Å². The van der Waals surface area contributed by atoms with Crippen LogP contribution in [0.3, 0.4) is 0 Å². The molecule has 0 aromatic heterocycles. The molecule has 0 fully saturated rings. The first-order chi connectivity index (χ1) is 5.60. The predicted octanol–water partition coefficient (Wildman–Crippen LogP) is 0.476. The molecule has 2 N–H and O–H groups in total. The summed E-state index contributed by atoms with van der Waals surface area (Å²) in [6, 6.07) is 0. The van der Waals surface area contributed by atoms with Crippen molar-refractivity contribution < 1.29 is 14.6 Å². The summed E-state index contributed by atoms with van der Waals surface area (Å²) in [5, 5.41) is 11.6. The van der Waals surface area contributed by atoms with Crippen LogP contribution >= 0.6 is 0 Å². The standard InChI is InChI=1S/C8H17NO3/c1-4-8(9-2,6-12-3)5-7(10)11/h9H,4-6H2,1-3H3,(H,10,11). The molecule has 0 bridgehead atoms. The third-order valence-corrected chi connectivity index (χ3v) is 2.12. The van der Waals surface area contributed by atoms with Crippen molar-refractivity contribution in [2.24, 2.45) is 0 Å². The highest BCUT2D eigenvalue weighted by Gasteiger charge is 2.28. The van der Waals surface area contributed by atoms with Crippen molar-refractivity contribution in [1.82, 2.24) is 5.32 Å². The van der Waals surface area contributed by atoms with E-state index in [1.165, 1.54) is 0 Å². The highest BCUT2D eigenvalue weighted by molar-refractivity contribution is 5.68. The Hall–Kier alpha value is -0.610. The van der Waals surface area contributed by atoms with Crippen molar-refractivity contribution in [2.45, 2.75) is 25.3 Å². The van der Waals surface area contributed by atoms with Crippen molar-refractivity contribution >= 4 is 5.97 Å². The second kappa shape index (κ2) is 5.11. The van der Waals surface area contributed by atoms with Crippen LogP contribution in [0.1, 0.15) is 19.8 Å². The molecule has 0 aromatic rings. The lowest BCUT2D eigenvalue weighted by Crippen LogP contribution is -2.48. The summed E-state index contributed by atoms with van der Waals surface area (Å²) in [5.41, 5.74) is -0.416. The molecule has 0 radical (unpaired) electrons. The quantitative estimate of drug-likeness (QED) is 0.616. The topological polar surface area (TPSA) is 58.6 Å². The van der Waals surface area contributed by atoms with Gasteiger partial charge in [0.2, 0.25) is 0 Å². The first kappa shape index (κ1) is 11.4. The third kappa shape index (κ3) is 3.19. The van der Waals surface area contributed by atoms with Crippen LogP contribution in [-0.4, -0.2) is 37.4 Å². The van der Waals surface area contributed by atoms with Crippen LogP contribution in [0.25, 0.3) is 0 Å². The van der Waals surface area contributed by atoms with E-state index in [0.29, 0.717) is 6.61 Å². The molecule has 0 saturated heterocycles. The van der Waals surface area contributed by atoms with E-state index in [-0.39, 0.29) is 6.42 Å². The van der Waals surface area contributed by atoms with E-state index in [4.69, 9.17) is 9.84 Å². The summed E-state index contributed by atoms with van der Waals surface area (Å²) in [5.74, 6) is -0.803.